The maximum Gasteiger partial charge on any atom is 0.127 e. The van der Waals surface area contributed by atoms with E-state index >= 15 is 0 Å². The van der Waals surface area contributed by atoms with Crippen molar-refractivity contribution < 1.29 is 9.84 Å². The van der Waals surface area contributed by atoms with Gasteiger partial charge in [-0.05, 0) is 54.5 Å². The molecule has 1 aliphatic carbocycles. The highest BCUT2D eigenvalue weighted by molar-refractivity contribution is 5.33. The van der Waals surface area contributed by atoms with Crippen LogP contribution in [0.5, 0.6) is 11.5 Å². The molecular formula is C18H20O2. The van der Waals surface area contributed by atoms with Crippen molar-refractivity contribution >= 4 is 0 Å². The number of aliphatic hydroxyl groups excluding tert-OH is 1. The molecule has 2 nitrogen and oxygen atoms in total. The number of rotatable bonds is 5. The molecule has 0 amide bonds. The van der Waals surface area contributed by atoms with E-state index in [4.69, 9.17) is 4.74 Å². The van der Waals surface area contributed by atoms with Crippen molar-refractivity contribution in [3.63, 3.8) is 0 Å². The molecule has 1 fully saturated rings. The predicted molar refractivity (Wildman–Crippen MR) is 79.8 cm³/mol. The van der Waals surface area contributed by atoms with Crippen molar-refractivity contribution in [2.45, 2.75) is 25.9 Å². The standard InChI is InChI=1S/C18H20O2/c1-13(14-7-8-14)18(19)15-9-11-17(12-10-15)20-16-5-3-2-4-6-16/h2-6,9-14,18-19H,7-8H2,1H3. The minimum Gasteiger partial charge on any atom is -0.457 e. The molecule has 2 heteroatoms. The minimum absolute atomic E-state index is 0.343. The van der Waals surface area contributed by atoms with E-state index in [1.54, 1.807) is 0 Å². The predicted octanol–water partition coefficient (Wildman–Crippen LogP) is 4.56. The van der Waals surface area contributed by atoms with Crippen molar-refractivity contribution in [2.75, 3.05) is 0 Å². The van der Waals surface area contributed by atoms with Gasteiger partial charge in [-0.3, -0.25) is 0 Å². The Morgan fingerprint density at radius 1 is 0.950 bits per heavy atom. The summed E-state index contributed by atoms with van der Waals surface area (Å²) in [4.78, 5) is 0. The van der Waals surface area contributed by atoms with Gasteiger partial charge in [-0.15, -0.1) is 0 Å². The van der Waals surface area contributed by atoms with Gasteiger partial charge in [0.15, 0.2) is 0 Å². The van der Waals surface area contributed by atoms with E-state index in [1.807, 2.05) is 54.6 Å². The molecular weight excluding hydrogens is 248 g/mol. The minimum atomic E-state index is -0.367. The third-order valence-electron chi connectivity index (χ3n) is 4.06. The van der Waals surface area contributed by atoms with Crippen LogP contribution in [0.1, 0.15) is 31.4 Å². The van der Waals surface area contributed by atoms with Crippen LogP contribution in [0.3, 0.4) is 0 Å². The van der Waals surface area contributed by atoms with Crippen LogP contribution in [0.4, 0.5) is 0 Å². The van der Waals surface area contributed by atoms with Gasteiger partial charge in [0.2, 0.25) is 0 Å². The molecule has 2 atom stereocenters. The first-order chi connectivity index (χ1) is 9.74. The van der Waals surface area contributed by atoms with Crippen LogP contribution in [0.25, 0.3) is 0 Å². The fraction of sp³-hybridized carbons (Fsp3) is 0.333. The molecule has 20 heavy (non-hydrogen) atoms. The average molecular weight is 268 g/mol. The lowest BCUT2D eigenvalue weighted by molar-refractivity contribution is 0.106. The van der Waals surface area contributed by atoms with Gasteiger partial charge >= 0.3 is 0 Å². The van der Waals surface area contributed by atoms with E-state index in [2.05, 4.69) is 6.92 Å². The van der Waals surface area contributed by atoms with Gasteiger partial charge in [0.1, 0.15) is 11.5 Å². The largest absolute Gasteiger partial charge is 0.457 e. The van der Waals surface area contributed by atoms with Gasteiger partial charge in [0.25, 0.3) is 0 Å². The quantitative estimate of drug-likeness (QED) is 0.861. The molecule has 0 bridgehead atoms. The zero-order valence-corrected chi connectivity index (χ0v) is 11.7. The van der Waals surface area contributed by atoms with Crippen LogP contribution in [-0.2, 0) is 0 Å². The lowest BCUT2D eigenvalue weighted by Gasteiger charge is -2.19. The first-order valence-electron chi connectivity index (χ1n) is 7.25. The highest BCUT2D eigenvalue weighted by Crippen LogP contribution is 2.42. The lowest BCUT2D eigenvalue weighted by atomic mass is 9.93. The highest BCUT2D eigenvalue weighted by atomic mass is 16.5. The third kappa shape index (κ3) is 3.02. The van der Waals surface area contributed by atoms with E-state index in [9.17, 15) is 5.11 Å². The third-order valence-corrected chi connectivity index (χ3v) is 4.06. The van der Waals surface area contributed by atoms with E-state index < -0.39 is 0 Å². The summed E-state index contributed by atoms with van der Waals surface area (Å²) in [7, 11) is 0. The summed E-state index contributed by atoms with van der Waals surface area (Å²) < 4.78 is 5.75. The molecule has 0 aliphatic heterocycles. The van der Waals surface area contributed by atoms with Crippen molar-refractivity contribution in [2.24, 2.45) is 11.8 Å². The summed E-state index contributed by atoms with van der Waals surface area (Å²) in [5, 5.41) is 10.3. The summed E-state index contributed by atoms with van der Waals surface area (Å²) >= 11 is 0. The second-order valence-corrected chi connectivity index (χ2v) is 5.63. The van der Waals surface area contributed by atoms with E-state index in [0.29, 0.717) is 11.8 Å². The van der Waals surface area contributed by atoms with Crippen LogP contribution < -0.4 is 4.74 Å². The average Bonchev–Trinajstić information content (AvgIpc) is 3.32. The molecule has 0 radical (unpaired) electrons. The molecule has 1 aliphatic rings. The zero-order chi connectivity index (χ0) is 13.9. The Morgan fingerprint density at radius 2 is 1.55 bits per heavy atom. The Balaban J connectivity index is 1.68. The summed E-state index contributed by atoms with van der Waals surface area (Å²) in [6, 6.07) is 17.5. The smallest absolute Gasteiger partial charge is 0.127 e. The Labute approximate surface area is 120 Å². The molecule has 0 saturated heterocycles. The molecule has 1 saturated carbocycles. The summed E-state index contributed by atoms with van der Waals surface area (Å²) in [6.45, 7) is 2.14. The topological polar surface area (TPSA) is 29.5 Å². The van der Waals surface area contributed by atoms with Crippen molar-refractivity contribution in [1.82, 2.24) is 0 Å². The van der Waals surface area contributed by atoms with Crippen LogP contribution >= 0.6 is 0 Å². The Kier molecular flexibility index (Phi) is 3.75. The number of hydrogen-bond donors (Lipinski definition) is 1. The molecule has 0 heterocycles. The summed E-state index contributed by atoms with van der Waals surface area (Å²) in [6.07, 6.45) is 2.15. The molecule has 2 aromatic carbocycles. The molecule has 0 spiro atoms. The second-order valence-electron chi connectivity index (χ2n) is 5.63. The Morgan fingerprint density at radius 3 is 2.15 bits per heavy atom. The van der Waals surface area contributed by atoms with Crippen molar-refractivity contribution in [3.8, 4) is 11.5 Å². The molecule has 3 rings (SSSR count). The van der Waals surface area contributed by atoms with Crippen molar-refractivity contribution in [1.29, 1.82) is 0 Å². The normalized spacial score (nSPS) is 17.5. The van der Waals surface area contributed by atoms with Crippen LogP contribution in [0.15, 0.2) is 54.6 Å². The fourth-order valence-electron chi connectivity index (χ4n) is 2.54. The number of benzene rings is 2. The Hall–Kier alpha value is -1.80. The second kappa shape index (κ2) is 5.68. The van der Waals surface area contributed by atoms with Crippen LogP contribution in [-0.4, -0.2) is 5.11 Å². The van der Waals surface area contributed by atoms with Crippen LogP contribution in [0.2, 0.25) is 0 Å². The number of aliphatic hydroxyl groups is 1. The SMILES string of the molecule is CC(C1CC1)C(O)c1ccc(Oc2ccccc2)cc1. The lowest BCUT2D eigenvalue weighted by Crippen LogP contribution is -2.10. The maximum atomic E-state index is 10.3. The van der Waals surface area contributed by atoms with Gasteiger partial charge < -0.3 is 9.84 Å². The molecule has 104 valence electrons. The van der Waals surface area contributed by atoms with Crippen LogP contribution in [0, 0.1) is 11.8 Å². The van der Waals surface area contributed by atoms with Crippen molar-refractivity contribution in [3.05, 3.63) is 60.2 Å². The van der Waals surface area contributed by atoms with Gasteiger partial charge in [-0.2, -0.15) is 0 Å². The highest BCUT2D eigenvalue weighted by Gasteiger charge is 2.33. The number of para-hydroxylation sites is 1. The summed E-state index contributed by atoms with van der Waals surface area (Å²) in [5.41, 5.74) is 0.977. The van der Waals surface area contributed by atoms with Gasteiger partial charge in [0, 0.05) is 0 Å². The number of hydrogen-bond acceptors (Lipinski definition) is 2. The Bertz CT molecular complexity index is 543. The molecule has 1 N–H and O–H groups in total. The fourth-order valence-corrected chi connectivity index (χ4v) is 2.54. The van der Waals surface area contributed by atoms with Gasteiger partial charge in [-0.25, -0.2) is 0 Å². The van der Waals surface area contributed by atoms with E-state index in [0.717, 1.165) is 17.1 Å². The van der Waals surface area contributed by atoms with Gasteiger partial charge in [-0.1, -0.05) is 37.3 Å². The molecule has 0 aromatic heterocycles. The number of ether oxygens (including phenoxy) is 1. The summed E-state index contributed by atoms with van der Waals surface area (Å²) in [5.74, 6) is 2.67. The first-order valence-corrected chi connectivity index (χ1v) is 7.25. The maximum absolute atomic E-state index is 10.3. The van der Waals surface area contributed by atoms with Gasteiger partial charge in [0.05, 0.1) is 6.10 Å². The molecule has 2 unspecified atom stereocenters. The monoisotopic (exact) mass is 268 g/mol. The molecule has 2 aromatic rings. The zero-order valence-electron chi connectivity index (χ0n) is 11.7. The van der Waals surface area contributed by atoms with E-state index in [1.165, 1.54) is 12.8 Å². The van der Waals surface area contributed by atoms with E-state index in [-0.39, 0.29) is 6.10 Å². The first kappa shape index (κ1) is 13.2.